The lowest BCUT2D eigenvalue weighted by molar-refractivity contribution is -0.133. The van der Waals surface area contributed by atoms with Crippen molar-refractivity contribution in [3.63, 3.8) is 0 Å². The highest BCUT2D eigenvalue weighted by Gasteiger charge is 2.21. The Morgan fingerprint density at radius 1 is 1.41 bits per heavy atom. The molecule has 1 aromatic rings. The van der Waals surface area contributed by atoms with E-state index in [9.17, 15) is 9.59 Å². The number of carbonyl (C=O) groups is 2. The molecule has 6 heteroatoms. The van der Waals surface area contributed by atoms with E-state index in [0.717, 1.165) is 18.7 Å². The number of ether oxygens (including phenoxy) is 1. The standard InChI is InChI=1S/C16H23N3O3/c1-12(10-17)18(2)16(21)11-22-14-7-5-13(6-8-14)19-9-3-4-15(19)20/h5-8,12H,3-4,9-11,17H2,1-2H3. The van der Waals surface area contributed by atoms with Crippen LogP contribution in [0.15, 0.2) is 24.3 Å². The van der Waals surface area contributed by atoms with Crippen molar-refractivity contribution in [2.24, 2.45) is 5.73 Å². The van der Waals surface area contributed by atoms with E-state index >= 15 is 0 Å². The second kappa shape index (κ2) is 7.26. The van der Waals surface area contributed by atoms with Crippen molar-refractivity contribution in [3.05, 3.63) is 24.3 Å². The van der Waals surface area contributed by atoms with Gasteiger partial charge in [-0.3, -0.25) is 9.59 Å². The molecule has 0 bridgehead atoms. The number of hydrogen-bond acceptors (Lipinski definition) is 4. The SMILES string of the molecule is CC(CN)N(C)C(=O)COc1ccc(N2CCCC2=O)cc1. The van der Waals surface area contributed by atoms with Crippen LogP contribution in [0.25, 0.3) is 0 Å². The molecule has 2 rings (SSSR count). The molecule has 1 unspecified atom stereocenters. The minimum absolute atomic E-state index is 0.0142. The fraction of sp³-hybridized carbons (Fsp3) is 0.500. The zero-order valence-corrected chi connectivity index (χ0v) is 13.1. The normalized spacial score (nSPS) is 15.8. The molecular formula is C16H23N3O3. The second-order valence-corrected chi connectivity index (χ2v) is 5.52. The number of likely N-dealkylation sites (N-methyl/N-ethyl adjacent to an activating group) is 1. The molecule has 1 aliphatic rings. The highest BCUT2D eigenvalue weighted by Crippen LogP contribution is 2.23. The summed E-state index contributed by atoms with van der Waals surface area (Å²) in [4.78, 5) is 27.0. The number of benzene rings is 1. The van der Waals surface area contributed by atoms with Crippen LogP contribution < -0.4 is 15.4 Å². The molecule has 2 amide bonds. The Kier molecular flexibility index (Phi) is 5.38. The van der Waals surface area contributed by atoms with Gasteiger partial charge < -0.3 is 20.3 Å². The number of nitrogens with two attached hydrogens (primary N) is 1. The average Bonchev–Trinajstić information content (AvgIpc) is 2.97. The first-order valence-corrected chi connectivity index (χ1v) is 7.52. The zero-order chi connectivity index (χ0) is 16.1. The molecule has 1 heterocycles. The third-order valence-corrected chi connectivity index (χ3v) is 3.98. The van der Waals surface area contributed by atoms with Crippen LogP contribution in [0, 0.1) is 0 Å². The molecule has 0 radical (unpaired) electrons. The molecule has 0 aromatic heterocycles. The first kappa shape index (κ1) is 16.3. The van der Waals surface area contributed by atoms with Gasteiger partial charge in [-0.2, -0.15) is 0 Å². The highest BCUT2D eigenvalue weighted by atomic mass is 16.5. The van der Waals surface area contributed by atoms with Gasteiger partial charge in [0, 0.05) is 38.3 Å². The van der Waals surface area contributed by atoms with Crippen LogP contribution >= 0.6 is 0 Å². The quantitative estimate of drug-likeness (QED) is 0.850. The molecule has 1 fully saturated rings. The predicted molar refractivity (Wildman–Crippen MR) is 84.8 cm³/mol. The van der Waals surface area contributed by atoms with Crippen LogP contribution in [0.5, 0.6) is 5.75 Å². The summed E-state index contributed by atoms with van der Waals surface area (Å²) in [5.74, 6) is 0.649. The van der Waals surface area contributed by atoms with Crippen molar-refractivity contribution >= 4 is 17.5 Å². The maximum Gasteiger partial charge on any atom is 0.260 e. The Morgan fingerprint density at radius 2 is 2.09 bits per heavy atom. The van der Waals surface area contributed by atoms with Gasteiger partial charge in [0.05, 0.1) is 0 Å². The van der Waals surface area contributed by atoms with Gasteiger partial charge >= 0.3 is 0 Å². The van der Waals surface area contributed by atoms with E-state index in [4.69, 9.17) is 10.5 Å². The third kappa shape index (κ3) is 3.76. The van der Waals surface area contributed by atoms with Crippen LogP contribution in [-0.4, -0.2) is 49.5 Å². The maximum atomic E-state index is 11.9. The molecule has 0 saturated carbocycles. The van der Waals surface area contributed by atoms with E-state index in [1.807, 2.05) is 19.1 Å². The minimum atomic E-state index is -0.114. The van der Waals surface area contributed by atoms with Crippen molar-refractivity contribution < 1.29 is 14.3 Å². The first-order chi connectivity index (χ1) is 10.5. The van der Waals surface area contributed by atoms with Crippen molar-refractivity contribution in [3.8, 4) is 5.75 Å². The van der Waals surface area contributed by atoms with E-state index in [-0.39, 0.29) is 24.5 Å². The van der Waals surface area contributed by atoms with Crippen LogP contribution in [-0.2, 0) is 9.59 Å². The van der Waals surface area contributed by atoms with Crippen molar-refractivity contribution in [1.29, 1.82) is 0 Å². The topological polar surface area (TPSA) is 75.9 Å². The summed E-state index contributed by atoms with van der Waals surface area (Å²) in [5, 5.41) is 0. The third-order valence-electron chi connectivity index (χ3n) is 3.98. The summed E-state index contributed by atoms with van der Waals surface area (Å²) in [5.41, 5.74) is 6.41. The molecule has 1 saturated heterocycles. The van der Waals surface area contributed by atoms with E-state index in [1.165, 1.54) is 0 Å². The van der Waals surface area contributed by atoms with Crippen LogP contribution in [0.3, 0.4) is 0 Å². The molecule has 120 valence electrons. The molecule has 2 N–H and O–H groups in total. The molecular weight excluding hydrogens is 282 g/mol. The maximum absolute atomic E-state index is 11.9. The summed E-state index contributed by atoms with van der Waals surface area (Å²) in [7, 11) is 1.71. The Morgan fingerprint density at radius 3 is 2.64 bits per heavy atom. The molecule has 1 atom stereocenters. The number of hydrogen-bond donors (Lipinski definition) is 1. The van der Waals surface area contributed by atoms with E-state index < -0.39 is 0 Å². The summed E-state index contributed by atoms with van der Waals surface area (Å²) in [6, 6.07) is 7.23. The molecule has 6 nitrogen and oxygen atoms in total. The molecule has 0 spiro atoms. The number of nitrogens with zero attached hydrogens (tertiary/aromatic N) is 2. The first-order valence-electron chi connectivity index (χ1n) is 7.52. The van der Waals surface area contributed by atoms with Crippen LogP contribution in [0.1, 0.15) is 19.8 Å². The van der Waals surface area contributed by atoms with Gasteiger partial charge in [0.15, 0.2) is 6.61 Å². The largest absolute Gasteiger partial charge is 0.484 e. The van der Waals surface area contributed by atoms with Crippen LogP contribution in [0.4, 0.5) is 5.69 Å². The summed E-state index contributed by atoms with van der Waals surface area (Å²) in [6.07, 6.45) is 1.51. The zero-order valence-electron chi connectivity index (χ0n) is 13.1. The van der Waals surface area contributed by atoms with E-state index in [1.54, 1.807) is 29.0 Å². The lowest BCUT2D eigenvalue weighted by Gasteiger charge is -2.23. The number of amides is 2. The second-order valence-electron chi connectivity index (χ2n) is 5.52. The van der Waals surface area contributed by atoms with Gasteiger partial charge in [0.25, 0.3) is 5.91 Å². The highest BCUT2D eigenvalue weighted by molar-refractivity contribution is 5.95. The van der Waals surface area contributed by atoms with Gasteiger partial charge in [-0.1, -0.05) is 0 Å². The van der Waals surface area contributed by atoms with Crippen molar-refractivity contribution in [2.75, 3.05) is 31.6 Å². The molecule has 22 heavy (non-hydrogen) atoms. The predicted octanol–water partition coefficient (Wildman–Crippen LogP) is 0.998. The number of anilines is 1. The van der Waals surface area contributed by atoms with E-state index in [0.29, 0.717) is 18.7 Å². The Balaban J connectivity index is 1.89. The lowest BCUT2D eigenvalue weighted by atomic mass is 10.3. The number of rotatable bonds is 6. The van der Waals surface area contributed by atoms with Gasteiger partial charge in [0.1, 0.15) is 5.75 Å². The van der Waals surface area contributed by atoms with Crippen molar-refractivity contribution in [1.82, 2.24) is 4.90 Å². The molecule has 0 aliphatic carbocycles. The molecule has 1 aliphatic heterocycles. The summed E-state index contributed by atoms with van der Waals surface area (Å²) in [6.45, 7) is 3.04. The number of carbonyl (C=O) groups excluding carboxylic acids is 2. The van der Waals surface area contributed by atoms with E-state index in [2.05, 4.69) is 0 Å². The van der Waals surface area contributed by atoms with Crippen LogP contribution in [0.2, 0.25) is 0 Å². The smallest absolute Gasteiger partial charge is 0.260 e. The summed E-state index contributed by atoms with van der Waals surface area (Å²) < 4.78 is 5.49. The van der Waals surface area contributed by atoms with Crippen molar-refractivity contribution in [2.45, 2.75) is 25.8 Å². The van der Waals surface area contributed by atoms with Gasteiger partial charge in [0.2, 0.25) is 5.91 Å². The van der Waals surface area contributed by atoms with Gasteiger partial charge in [-0.25, -0.2) is 0 Å². The van der Waals surface area contributed by atoms with Gasteiger partial charge in [-0.05, 0) is 37.6 Å². The monoisotopic (exact) mass is 305 g/mol. The lowest BCUT2D eigenvalue weighted by Crippen LogP contribution is -2.42. The molecule has 1 aromatic carbocycles. The Labute approximate surface area is 130 Å². The Bertz CT molecular complexity index is 530. The van der Waals surface area contributed by atoms with Gasteiger partial charge in [-0.15, -0.1) is 0 Å². The fourth-order valence-electron chi connectivity index (χ4n) is 2.29. The fourth-order valence-corrected chi connectivity index (χ4v) is 2.29. The summed E-state index contributed by atoms with van der Waals surface area (Å²) >= 11 is 0. The minimum Gasteiger partial charge on any atom is -0.484 e. The average molecular weight is 305 g/mol. The Hall–Kier alpha value is -2.08.